The zero-order valence-corrected chi connectivity index (χ0v) is 82.0. The minimum atomic E-state index is -2.14. The molecule has 0 unspecified atom stereocenters. The summed E-state index contributed by atoms with van der Waals surface area (Å²) in [6.45, 7) is 4.69. The normalized spacial score (nSPS) is 15.7. The molecular weight excluding hydrogens is 1950 g/mol. The van der Waals surface area contributed by atoms with Gasteiger partial charge in [0, 0.05) is 105 Å². The lowest BCUT2D eigenvalue weighted by molar-refractivity contribution is -0.141. The standard InChI is InChI=1S/C98H126N20O31/c1-5-6-19-61(89(140)116-73(45-83(133)134)97(148)113-68(84(99)135)41-52-15-8-7-9-16-52)107-95(146)71(43-54-46-100-59-20-12-10-17-57(54)59)106-76(121)48-102-87(138)70(42-53-23-25-56(119)26-24-53)114-85(136)51(4)104-88(139)63(28-34-78(123)124)108-90(141)64(29-35-79(125)126)109-91(142)65(30-36-80(127)128)110-92(143)66(31-37-81(129)130)111-93(144)67(32-38-82(131)132)112-94(145)69(40-50(2)3)115-96(147)72(44-55-47-101-60-21-13-11-18-58(55)60)117-98(149)74-22-14-39-118(74)77(122)49-103-86(137)62-27-33-75(120)105-62/h7-13,15-18,20-21,23-26,46-47,50-51,61-74,100-101,119H,5-6,14,19,22,27-45,48-49H2,1-4H3,(H2,99,135)(H,102,138)(H,103,137)(H,104,139)(H,105,120)(H,106,121)(H,107,146)(H,108,141)(H,109,142)(H,110,143)(H,111,144)(H,112,145)(H,113,148)(H,114,136)(H,115,147)(H,116,140)(H,117,149)(H,123,124)(H,125,126)(H,127,128)(H,129,130)(H,131,132)(H,133,134)/t51-,61-,62-,63-,64-,65-,66-,67-,68-,69-,70-,71-,72-,73-,74-/m0/s1. The number of aromatic hydroxyl groups is 1. The second-order valence-electron chi connectivity index (χ2n) is 36.5. The Morgan fingerprint density at radius 3 is 1.22 bits per heavy atom. The number of carboxylic acid groups (broad SMARTS) is 6. The van der Waals surface area contributed by atoms with Crippen molar-refractivity contribution in [2.45, 2.75) is 266 Å². The van der Waals surface area contributed by atoms with Crippen LogP contribution in [0.25, 0.3) is 21.8 Å². The number of phenols is 1. The van der Waals surface area contributed by atoms with Crippen molar-refractivity contribution >= 4 is 164 Å². The number of likely N-dealkylation sites (tertiary alicyclic amines) is 1. The number of primary amides is 1. The molecule has 51 heteroatoms. The molecule has 2 saturated heterocycles. The number of phenolic OH excluding ortho intramolecular Hbond substituents is 1. The van der Waals surface area contributed by atoms with Gasteiger partial charge in [-0.2, -0.15) is 0 Å². The van der Waals surface area contributed by atoms with Crippen molar-refractivity contribution in [3.63, 3.8) is 0 Å². The molecule has 0 bridgehead atoms. The highest BCUT2D eigenvalue weighted by Crippen LogP contribution is 2.25. The molecular formula is C98H126N20O31. The van der Waals surface area contributed by atoms with Gasteiger partial charge < -0.3 is 141 Å². The van der Waals surface area contributed by atoms with E-state index >= 15 is 0 Å². The van der Waals surface area contributed by atoms with Crippen LogP contribution in [0.4, 0.5) is 0 Å². The van der Waals surface area contributed by atoms with Crippen molar-refractivity contribution in [2.24, 2.45) is 11.7 Å². The Morgan fingerprint density at radius 2 is 0.779 bits per heavy atom. The third kappa shape index (κ3) is 38.2. The maximum Gasteiger partial charge on any atom is 0.305 e. The minimum Gasteiger partial charge on any atom is -0.508 e. The molecule has 6 aromatic rings. The number of rotatable bonds is 62. The number of H-pyrrole nitrogens is 2. The molecule has 0 aliphatic carbocycles. The van der Waals surface area contributed by atoms with Crippen LogP contribution in [0.5, 0.6) is 5.75 Å². The molecule has 804 valence electrons. The van der Waals surface area contributed by atoms with Crippen LogP contribution in [0.15, 0.2) is 116 Å². The molecule has 2 fully saturated rings. The number of carboxylic acids is 6. The summed E-state index contributed by atoms with van der Waals surface area (Å²) in [5.74, 6) is -29.3. The number of fused-ring (bicyclic) bond motifs is 2. The van der Waals surface area contributed by atoms with Crippen LogP contribution >= 0.6 is 0 Å². The molecule has 51 nitrogen and oxygen atoms in total. The number of hydrogen-bond acceptors (Lipinski definition) is 25. The number of amides is 18. The van der Waals surface area contributed by atoms with Gasteiger partial charge in [-0.15, -0.1) is 0 Å². The first-order chi connectivity index (χ1) is 70.7. The number of nitrogens with one attached hydrogen (secondary N) is 18. The summed E-state index contributed by atoms with van der Waals surface area (Å²) in [5, 5.41) is 109. The fourth-order valence-electron chi connectivity index (χ4n) is 16.5. The van der Waals surface area contributed by atoms with Gasteiger partial charge in [0.2, 0.25) is 106 Å². The smallest absolute Gasteiger partial charge is 0.305 e. The molecule has 2 aromatic heterocycles. The lowest BCUT2D eigenvalue weighted by atomic mass is 9.99. The monoisotopic (exact) mass is 2080 g/mol. The maximum atomic E-state index is 14.9. The number of aliphatic carboxylic acids is 6. The molecule has 8 rings (SSSR count). The van der Waals surface area contributed by atoms with E-state index in [2.05, 4.69) is 95.0 Å². The Labute approximate surface area is 851 Å². The molecule has 149 heavy (non-hydrogen) atoms. The molecule has 2 aliphatic rings. The molecule has 4 aromatic carbocycles. The zero-order chi connectivity index (χ0) is 109. The van der Waals surface area contributed by atoms with Gasteiger partial charge in [-0.1, -0.05) is 112 Å². The number of benzene rings is 4. The van der Waals surface area contributed by atoms with Gasteiger partial charge in [0.15, 0.2) is 0 Å². The summed E-state index contributed by atoms with van der Waals surface area (Å²) in [5.41, 5.74) is 8.67. The van der Waals surface area contributed by atoms with E-state index in [0.29, 0.717) is 51.3 Å². The number of hydrogen-bond donors (Lipinski definition) is 26. The van der Waals surface area contributed by atoms with Crippen molar-refractivity contribution in [1.82, 2.24) is 99.9 Å². The van der Waals surface area contributed by atoms with E-state index < -0.39 is 323 Å². The van der Waals surface area contributed by atoms with E-state index in [1.807, 2.05) is 0 Å². The van der Waals surface area contributed by atoms with Gasteiger partial charge in [-0.3, -0.25) is 115 Å². The highest BCUT2D eigenvalue weighted by Gasteiger charge is 2.42. The third-order valence-electron chi connectivity index (χ3n) is 24.4. The summed E-state index contributed by atoms with van der Waals surface area (Å²) >= 11 is 0. The SMILES string of the molecule is CCCC[C@H](NC(=O)[C@H](Cc1c[nH]c2ccccc12)NC(=O)CNC(=O)[C@H](Cc1ccc(O)cc1)NC(=O)[C@H](C)NC(=O)[C@H](CCC(=O)O)NC(=O)[C@H](CCC(=O)O)NC(=O)[C@H](CCC(=O)O)NC(=O)[C@H](CCC(=O)O)NC(=O)[C@H](CCC(=O)O)NC(=O)[C@H](CC(C)C)NC(=O)[C@H](Cc1c[nH]c2ccccc12)NC(=O)[C@@H]1CCCN1C(=O)CNC(=O)[C@@H]1CCC(=O)N1)C(=O)N[C@@H](CC(=O)O)C(=O)N[C@@H](Cc1ccccc1)C(N)=O. The predicted octanol–water partition coefficient (Wildman–Crippen LogP) is -3.03. The summed E-state index contributed by atoms with van der Waals surface area (Å²) in [6.07, 6.45) is -6.79. The van der Waals surface area contributed by atoms with Crippen molar-refractivity contribution < 1.29 is 151 Å². The van der Waals surface area contributed by atoms with Crippen molar-refractivity contribution in [2.75, 3.05) is 19.6 Å². The number of carbonyl (C=O) groups excluding carboxylic acids is 18. The average molecular weight is 2080 g/mol. The summed E-state index contributed by atoms with van der Waals surface area (Å²) in [6, 6.07) is 1.91. The Morgan fingerprint density at radius 1 is 0.389 bits per heavy atom. The predicted molar refractivity (Wildman–Crippen MR) is 523 cm³/mol. The Hall–Kier alpha value is -17.0. The topological polar surface area (TPSA) is 805 Å². The number of nitrogens with two attached hydrogens (primary N) is 1. The van der Waals surface area contributed by atoms with Crippen LogP contribution in [0, 0.1) is 5.92 Å². The zero-order valence-electron chi connectivity index (χ0n) is 82.0. The lowest BCUT2D eigenvalue weighted by Crippen LogP contribution is -2.61. The van der Waals surface area contributed by atoms with Crippen LogP contribution in [0.1, 0.15) is 172 Å². The van der Waals surface area contributed by atoms with Crippen LogP contribution in [0.2, 0.25) is 0 Å². The van der Waals surface area contributed by atoms with Gasteiger partial charge in [-0.05, 0) is 124 Å². The van der Waals surface area contributed by atoms with E-state index in [9.17, 15) is 151 Å². The lowest BCUT2D eigenvalue weighted by Gasteiger charge is -2.29. The van der Waals surface area contributed by atoms with E-state index in [1.165, 1.54) is 29.2 Å². The first-order valence-electron chi connectivity index (χ1n) is 48.3. The summed E-state index contributed by atoms with van der Waals surface area (Å²) in [7, 11) is 0. The molecule has 0 saturated carbocycles. The molecule has 15 atom stereocenters. The van der Waals surface area contributed by atoms with Gasteiger partial charge >= 0.3 is 35.8 Å². The maximum absolute atomic E-state index is 14.9. The second kappa shape index (κ2) is 57.7. The van der Waals surface area contributed by atoms with E-state index in [1.54, 1.807) is 112 Å². The number of nitrogens with zero attached hydrogens (tertiary/aromatic N) is 1. The number of aromatic nitrogens is 2. The molecule has 27 N–H and O–H groups in total. The van der Waals surface area contributed by atoms with Gasteiger partial charge in [0.25, 0.3) is 0 Å². The van der Waals surface area contributed by atoms with E-state index in [4.69, 9.17) is 5.73 Å². The van der Waals surface area contributed by atoms with Crippen LogP contribution in [0.3, 0.4) is 0 Å². The van der Waals surface area contributed by atoms with E-state index in [-0.39, 0.29) is 81.6 Å². The van der Waals surface area contributed by atoms with Crippen LogP contribution in [-0.2, 0) is 141 Å². The molecule has 2 aliphatic heterocycles. The Bertz CT molecular complexity index is 5870. The average Bonchev–Trinajstić information content (AvgIpc) is 1.87. The third-order valence-corrected chi connectivity index (χ3v) is 24.4. The summed E-state index contributed by atoms with van der Waals surface area (Å²) in [4.78, 5) is 334. The molecule has 18 amide bonds. The fourth-order valence-corrected chi connectivity index (χ4v) is 16.5. The van der Waals surface area contributed by atoms with Gasteiger partial charge in [-0.25, -0.2) is 0 Å². The molecule has 0 radical (unpaired) electrons. The minimum absolute atomic E-state index is 0.0745. The number of unbranched alkanes of at least 4 members (excludes halogenated alkanes) is 1. The second-order valence-corrected chi connectivity index (χ2v) is 36.5. The number of aromatic amines is 2. The molecule has 4 heterocycles. The fraction of sp³-hybridized carbons (Fsp3) is 0.469. The Balaban J connectivity index is 0.957. The van der Waals surface area contributed by atoms with Crippen molar-refractivity contribution in [3.05, 3.63) is 138 Å². The first kappa shape index (κ1) is 117. The van der Waals surface area contributed by atoms with Crippen molar-refractivity contribution in [3.8, 4) is 5.75 Å². The molecule has 0 spiro atoms. The van der Waals surface area contributed by atoms with Crippen molar-refractivity contribution in [1.29, 1.82) is 0 Å². The van der Waals surface area contributed by atoms with Crippen LogP contribution < -0.4 is 90.8 Å². The van der Waals surface area contributed by atoms with E-state index in [0.717, 1.165) is 6.92 Å². The van der Waals surface area contributed by atoms with Gasteiger partial charge in [0.1, 0.15) is 96.4 Å². The number of para-hydroxylation sites is 2. The highest BCUT2D eigenvalue weighted by atomic mass is 16.4. The quantitative estimate of drug-likeness (QED) is 0.0181. The highest BCUT2D eigenvalue weighted by molar-refractivity contribution is 6.03. The van der Waals surface area contributed by atoms with Gasteiger partial charge in [0.05, 0.1) is 19.5 Å². The number of carbonyl (C=O) groups is 24. The Kier molecular flexibility index (Phi) is 45.4. The first-order valence-corrected chi connectivity index (χ1v) is 48.3. The summed E-state index contributed by atoms with van der Waals surface area (Å²) < 4.78 is 0. The largest absolute Gasteiger partial charge is 0.508 e. The van der Waals surface area contributed by atoms with Crippen LogP contribution in [-0.4, -0.2) is 303 Å².